The van der Waals surface area contributed by atoms with E-state index in [1.165, 1.54) is 6.07 Å². The molecule has 2 unspecified atom stereocenters. The number of hydrogen-bond donors (Lipinski definition) is 2. The van der Waals surface area contributed by atoms with Crippen LogP contribution in [0.15, 0.2) is 18.2 Å². The first-order valence-electron chi connectivity index (χ1n) is 7.11. The van der Waals surface area contributed by atoms with Crippen molar-refractivity contribution in [1.82, 2.24) is 5.32 Å². The van der Waals surface area contributed by atoms with Crippen LogP contribution in [0.1, 0.15) is 25.3 Å². The van der Waals surface area contributed by atoms with Crippen molar-refractivity contribution in [1.29, 1.82) is 0 Å². The molecule has 1 fully saturated rings. The van der Waals surface area contributed by atoms with Crippen molar-refractivity contribution >= 4 is 11.6 Å². The summed E-state index contributed by atoms with van der Waals surface area (Å²) in [7, 11) is 0. The molecular weight excluding hydrogens is 278 g/mol. The van der Waals surface area contributed by atoms with Crippen molar-refractivity contribution in [3.05, 3.63) is 23.8 Å². The number of halogens is 2. The minimum Gasteiger partial charge on any atom is -0.434 e. The average molecular weight is 298 g/mol. The minimum atomic E-state index is -2.88. The van der Waals surface area contributed by atoms with Crippen LogP contribution in [-0.2, 0) is 4.79 Å². The van der Waals surface area contributed by atoms with E-state index >= 15 is 0 Å². The summed E-state index contributed by atoms with van der Waals surface area (Å²) in [5.74, 6) is -0.0890. The lowest BCUT2D eigenvalue weighted by Crippen LogP contribution is -2.33. The molecule has 2 rings (SSSR count). The smallest absolute Gasteiger partial charge is 0.387 e. The van der Waals surface area contributed by atoms with Crippen LogP contribution in [0.2, 0.25) is 0 Å². The van der Waals surface area contributed by atoms with Gasteiger partial charge in [-0.2, -0.15) is 8.78 Å². The summed E-state index contributed by atoms with van der Waals surface area (Å²) in [4.78, 5) is 12.3. The number of carbonyl (C=O) groups excluding carboxylic acids is 1. The number of amides is 1. The third kappa shape index (κ3) is 3.91. The third-order valence-corrected chi connectivity index (χ3v) is 3.80. The Hall–Kier alpha value is -1.69. The van der Waals surface area contributed by atoms with Gasteiger partial charge in [-0.05, 0) is 37.9 Å². The van der Waals surface area contributed by atoms with E-state index in [-0.39, 0.29) is 23.6 Å². The van der Waals surface area contributed by atoms with Gasteiger partial charge in [-0.3, -0.25) is 4.79 Å². The van der Waals surface area contributed by atoms with E-state index < -0.39 is 6.61 Å². The summed E-state index contributed by atoms with van der Waals surface area (Å²) in [6.07, 6.45) is 1.67. The van der Waals surface area contributed by atoms with Gasteiger partial charge >= 0.3 is 6.61 Å². The molecule has 21 heavy (non-hydrogen) atoms. The van der Waals surface area contributed by atoms with Crippen molar-refractivity contribution in [3.63, 3.8) is 0 Å². The Morgan fingerprint density at radius 2 is 2.29 bits per heavy atom. The molecule has 116 valence electrons. The number of carbonyl (C=O) groups is 1. The molecule has 0 spiro atoms. The predicted molar refractivity (Wildman–Crippen MR) is 76.6 cm³/mol. The first-order chi connectivity index (χ1) is 10.0. The number of ether oxygens (including phenoxy) is 1. The Labute approximate surface area is 122 Å². The van der Waals surface area contributed by atoms with E-state index in [1.807, 2.05) is 6.92 Å². The first kappa shape index (κ1) is 15.7. The zero-order chi connectivity index (χ0) is 15.4. The summed E-state index contributed by atoms with van der Waals surface area (Å²) in [6, 6.07) is 4.95. The van der Waals surface area contributed by atoms with Gasteiger partial charge < -0.3 is 15.4 Å². The molecule has 6 heteroatoms. The Morgan fingerprint density at radius 3 is 2.95 bits per heavy atom. The van der Waals surface area contributed by atoms with Gasteiger partial charge in [0.25, 0.3) is 0 Å². The fourth-order valence-corrected chi connectivity index (χ4v) is 2.65. The maximum Gasteiger partial charge on any atom is 0.387 e. The molecule has 1 heterocycles. The van der Waals surface area contributed by atoms with E-state index in [4.69, 9.17) is 0 Å². The molecule has 1 saturated heterocycles. The number of benzene rings is 1. The normalized spacial score (nSPS) is 21.6. The van der Waals surface area contributed by atoms with Crippen molar-refractivity contribution in [2.75, 3.05) is 11.9 Å². The van der Waals surface area contributed by atoms with Gasteiger partial charge in [0.05, 0.1) is 5.92 Å². The third-order valence-electron chi connectivity index (χ3n) is 3.80. The molecule has 0 bridgehead atoms. The van der Waals surface area contributed by atoms with E-state index in [0.29, 0.717) is 11.3 Å². The number of hydrogen-bond acceptors (Lipinski definition) is 3. The average Bonchev–Trinajstić information content (AvgIpc) is 2.90. The van der Waals surface area contributed by atoms with Crippen LogP contribution >= 0.6 is 0 Å². The highest BCUT2D eigenvalue weighted by Gasteiger charge is 2.31. The van der Waals surface area contributed by atoms with Gasteiger partial charge in [-0.25, -0.2) is 0 Å². The lowest BCUT2D eigenvalue weighted by Gasteiger charge is -2.18. The summed E-state index contributed by atoms with van der Waals surface area (Å²) >= 11 is 0. The fraction of sp³-hybridized carbons (Fsp3) is 0.533. The highest BCUT2D eigenvalue weighted by molar-refractivity contribution is 5.93. The molecule has 0 radical (unpaired) electrons. The van der Waals surface area contributed by atoms with Crippen LogP contribution in [0.4, 0.5) is 14.5 Å². The molecule has 0 aromatic heterocycles. The Morgan fingerprint density at radius 1 is 1.52 bits per heavy atom. The molecule has 0 aliphatic carbocycles. The van der Waals surface area contributed by atoms with Crippen LogP contribution in [0, 0.1) is 12.8 Å². The Kier molecular flexibility index (Phi) is 5.12. The molecule has 0 saturated carbocycles. The number of rotatable bonds is 5. The van der Waals surface area contributed by atoms with Crippen molar-refractivity contribution in [2.24, 2.45) is 5.92 Å². The van der Waals surface area contributed by atoms with Crippen molar-refractivity contribution in [2.45, 2.75) is 39.3 Å². The van der Waals surface area contributed by atoms with E-state index in [0.717, 1.165) is 19.4 Å². The van der Waals surface area contributed by atoms with Crippen molar-refractivity contribution < 1.29 is 18.3 Å². The van der Waals surface area contributed by atoms with Crippen LogP contribution in [-0.4, -0.2) is 25.1 Å². The van der Waals surface area contributed by atoms with E-state index in [2.05, 4.69) is 15.4 Å². The summed E-state index contributed by atoms with van der Waals surface area (Å²) < 4.78 is 29.1. The van der Waals surface area contributed by atoms with Crippen LogP contribution in [0.5, 0.6) is 5.75 Å². The van der Waals surface area contributed by atoms with Crippen LogP contribution < -0.4 is 15.4 Å². The van der Waals surface area contributed by atoms with Gasteiger partial charge in [-0.1, -0.05) is 13.0 Å². The second kappa shape index (κ2) is 6.85. The molecule has 1 aromatic rings. The predicted octanol–water partition coefficient (Wildman–Crippen LogP) is 2.92. The van der Waals surface area contributed by atoms with Crippen LogP contribution in [0.3, 0.4) is 0 Å². The molecule has 1 aliphatic rings. The van der Waals surface area contributed by atoms with Crippen LogP contribution in [0.25, 0.3) is 0 Å². The summed E-state index contributed by atoms with van der Waals surface area (Å²) in [5.41, 5.74) is 1.07. The van der Waals surface area contributed by atoms with Crippen molar-refractivity contribution in [3.8, 4) is 5.75 Å². The summed E-state index contributed by atoms with van der Waals surface area (Å²) in [5, 5.41) is 6.07. The minimum absolute atomic E-state index is 0.0828. The quantitative estimate of drug-likeness (QED) is 0.879. The molecule has 1 amide bonds. The monoisotopic (exact) mass is 298 g/mol. The highest BCUT2D eigenvalue weighted by atomic mass is 19.3. The number of aryl methyl sites for hydroxylation is 1. The number of alkyl halides is 2. The maximum atomic E-state index is 12.3. The van der Waals surface area contributed by atoms with Gasteiger partial charge in [0.1, 0.15) is 5.75 Å². The summed E-state index contributed by atoms with van der Waals surface area (Å²) in [6.45, 7) is 1.66. The lowest BCUT2D eigenvalue weighted by molar-refractivity contribution is -0.120. The van der Waals surface area contributed by atoms with E-state index in [1.54, 1.807) is 19.1 Å². The molecule has 2 atom stereocenters. The zero-order valence-electron chi connectivity index (χ0n) is 12.2. The SMILES string of the molecule is CCC1NCCC1C(=O)Nc1ccc(C)c(OC(F)F)c1. The molecular formula is C15H20F2N2O2. The Balaban J connectivity index is 2.07. The molecule has 1 aliphatic heterocycles. The lowest BCUT2D eigenvalue weighted by atomic mass is 9.97. The maximum absolute atomic E-state index is 12.3. The van der Waals surface area contributed by atoms with Gasteiger partial charge in [0.15, 0.2) is 0 Å². The Bertz CT molecular complexity index is 508. The van der Waals surface area contributed by atoms with E-state index in [9.17, 15) is 13.6 Å². The van der Waals surface area contributed by atoms with Gasteiger partial charge in [-0.15, -0.1) is 0 Å². The largest absolute Gasteiger partial charge is 0.434 e. The highest BCUT2D eigenvalue weighted by Crippen LogP contribution is 2.26. The van der Waals surface area contributed by atoms with Gasteiger partial charge in [0.2, 0.25) is 5.91 Å². The topological polar surface area (TPSA) is 50.4 Å². The zero-order valence-corrected chi connectivity index (χ0v) is 12.2. The number of nitrogens with one attached hydrogen (secondary N) is 2. The standard InChI is InChI=1S/C15H20F2N2O2/c1-3-12-11(6-7-18-12)14(20)19-10-5-4-9(2)13(8-10)21-15(16)17/h4-5,8,11-12,15,18H,3,6-7H2,1-2H3,(H,19,20). The first-order valence-corrected chi connectivity index (χ1v) is 7.11. The fourth-order valence-electron chi connectivity index (χ4n) is 2.65. The second-order valence-corrected chi connectivity index (χ2v) is 5.21. The molecule has 2 N–H and O–H groups in total. The number of anilines is 1. The molecule has 4 nitrogen and oxygen atoms in total. The second-order valence-electron chi connectivity index (χ2n) is 5.21. The molecule has 1 aromatic carbocycles. The van der Waals surface area contributed by atoms with Gasteiger partial charge in [0, 0.05) is 17.8 Å².